The van der Waals surface area contributed by atoms with Gasteiger partial charge in [-0.15, -0.1) is 0 Å². The summed E-state index contributed by atoms with van der Waals surface area (Å²) in [6.45, 7) is 0. The lowest BCUT2D eigenvalue weighted by Gasteiger charge is -2.19. The van der Waals surface area contributed by atoms with Crippen LogP contribution in [0.15, 0.2) is 36.4 Å². The maximum atomic E-state index is 13.1. The van der Waals surface area contributed by atoms with Crippen LogP contribution in [0.4, 0.5) is 45.2 Å². The highest BCUT2D eigenvalue weighted by Crippen LogP contribution is 2.46. The fraction of sp³-hybridized carbons (Fsp3) is 0.200. The second-order valence-corrected chi connectivity index (χ2v) is 5.02. The average Bonchev–Trinajstić information content (AvgIpc) is 2.44. The Labute approximate surface area is 140 Å². The maximum absolute atomic E-state index is 13.1. The standard InChI is InChI=1S/C15H8F9NO/c16-13(17,18)7-1-3-8(4-2-7)26-10-6-5-9(14(19,20)21)12(25)11(10)15(22,23)24/h1-6H,25H2. The number of nitrogen functional groups attached to an aromatic ring is 1. The van der Waals surface area contributed by atoms with Gasteiger partial charge in [0, 0.05) is 0 Å². The van der Waals surface area contributed by atoms with Gasteiger partial charge < -0.3 is 10.5 Å². The first-order chi connectivity index (χ1) is 11.7. The lowest BCUT2D eigenvalue weighted by Crippen LogP contribution is -2.16. The van der Waals surface area contributed by atoms with Gasteiger partial charge in [-0.2, -0.15) is 39.5 Å². The Bertz CT molecular complexity index is 789. The van der Waals surface area contributed by atoms with E-state index in [2.05, 4.69) is 0 Å². The molecule has 0 amide bonds. The number of halogens is 9. The third-order valence-electron chi connectivity index (χ3n) is 3.21. The molecular weight excluding hydrogens is 381 g/mol. The lowest BCUT2D eigenvalue weighted by atomic mass is 10.0. The molecule has 142 valence electrons. The van der Waals surface area contributed by atoms with Gasteiger partial charge in [0.25, 0.3) is 0 Å². The van der Waals surface area contributed by atoms with E-state index in [0.29, 0.717) is 24.3 Å². The van der Waals surface area contributed by atoms with Crippen LogP contribution in [0.3, 0.4) is 0 Å². The number of hydrogen-bond acceptors (Lipinski definition) is 2. The van der Waals surface area contributed by atoms with Gasteiger partial charge in [0.05, 0.1) is 16.8 Å². The molecular formula is C15H8F9NO. The predicted octanol–water partition coefficient (Wildman–Crippen LogP) is 6.12. The second kappa shape index (κ2) is 6.29. The van der Waals surface area contributed by atoms with Gasteiger partial charge >= 0.3 is 18.5 Å². The van der Waals surface area contributed by atoms with Crippen molar-refractivity contribution in [3.63, 3.8) is 0 Å². The smallest absolute Gasteiger partial charge is 0.421 e. The minimum absolute atomic E-state index is 0.296. The molecule has 2 rings (SSSR count). The molecule has 0 saturated carbocycles. The molecule has 2 nitrogen and oxygen atoms in total. The molecule has 0 aliphatic heterocycles. The SMILES string of the molecule is Nc1c(C(F)(F)F)ccc(Oc2ccc(C(F)(F)F)cc2)c1C(F)(F)F. The Balaban J connectivity index is 2.48. The Morgan fingerprint density at radius 2 is 1.19 bits per heavy atom. The van der Waals surface area contributed by atoms with Crippen LogP contribution in [0.25, 0.3) is 0 Å². The van der Waals surface area contributed by atoms with Crippen LogP contribution in [-0.4, -0.2) is 0 Å². The van der Waals surface area contributed by atoms with Gasteiger partial charge in [0.15, 0.2) is 0 Å². The van der Waals surface area contributed by atoms with Gasteiger partial charge in [-0.25, -0.2) is 0 Å². The summed E-state index contributed by atoms with van der Waals surface area (Å²) in [6.07, 6.45) is -15.1. The summed E-state index contributed by atoms with van der Waals surface area (Å²) in [5.41, 5.74) is -1.21. The molecule has 0 aliphatic carbocycles. The summed E-state index contributed by atoms with van der Waals surface area (Å²) in [5, 5.41) is 0. The van der Waals surface area contributed by atoms with Gasteiger partial charge in [-0.05, 0) is 36.4 Å². The summed E-state index contributed by atoms with van der Waals surface area (Å²) < 4.78 is 120. The predicted molar refractivity (Wildman–Crippen MR) is 72.4 cm³/mol. The molecule has 0 unspecified atom stereocenters. The first-order valence-electron chi connectivity index (χ1n) is 6.63. The van der Waals surface area contributed by atoms with Gasteiger partial charge in [-0.3, -0.25) is 0 Å². The van der Waals surface area contributed by atoms with Crippen molar-refractivity contribution in [1.82, 2.24) is 0 Å². The highest BCUT2D eigenvalue weighted by molar-refractivity contribution is 5.62. The van der Waals surface area contributed by atoms with Crippen molar-refractivity contribution in [2.45, 2.75) is 18.5 Å². The number of hydrogen-bond donors (Lipinski definition) is 1. The van der Waals surface area contributed by atoms with E-state index >= 15 is 0 Å². The highest BCUT2D eigenvalue weighted by Gasteiger charge is 2.43. The van der Waals surface area contributed by atoms with Gasteiger partial charge in [0.1, 0.15) is 17.1 Å². The van der Waals surface area contributed by atoms with Crippen molar-refractivity contribution < 1.29 is 44.3 Å². The monoisotopic (exact) mass is 389 g/mol. The topological polar surface area (TPSA) is 35.2 Å². The lowest BCUT2D eigenvalue weighted by molar-refractivity contribution is -0.142. The molecule has 11 heteroatoms. The summed E-state index contributed by atoms with van der Waals surface area (Å²) in [7, 11) is 0. The summed E-state index contributed by atoms with van der Waals surface area (Å²) in [6, 6.07) is 3.27. The van der Waals surface area contributed by atoms with Crippen LogP contribution >= 0.6 is 0 Å². The fourth-order valence-electron chi connectivity index (χ4n) is 2.06. The molecule has 0 saturated heterocycles. The maximum Gasteiger partial charge on any atom is 0.421 e. The molecule has 2 N–H and O–H groups in total. The van der Waals surface area contributed by atoms with E-state index in [0.717, 1.165) is 12.1 Å². The zero-order valence-electron chi connectivity index (χ0n) is 12.4. The molecule has 0 aliphatic rings. The Morgan fingerprint density at radius 3 is 1.62 bits per heavy atom. The van der Waals surface area contributed by atoms with Crippen LogP contribution in [0.2, 0.25) is 0 Å². The zero-order valence-corrected chi connectivity index (χ0v) is 12.4. The van der Waals surface area contributed by atoms with Crippen molar-refractivity contribution in [2.24, 2.45) is 0 Å². The molecule has 0 spiro atoms. The first kappa shape index (κ1) is 19.7. The number of rotatable bonds is 2. The minimum Gasteiger partial charge on any atom is -0.457 e. The van der Waals surface area contributed by atoms with E-state index in [1.165, 1.54) is 0 Å². The molecule has 0 heterocycles. The van der Waals surface area contributed by atoms with Crippen molar-refractivity contribution in [3.8, 4) is 11.5 Å². The molecule has 0 radical (unpaired) electrons. The quantitative estimate of drug-likeness (QED) is 0.496. The number of nitrogens with two attached hydrogens (primary N) is 1. The molecule has 0 bridgehead atoms. The minimum atomic E-state index is -5.29. The van der Waals surface area contributed by atoms with Crippen molar-refractivity contribution in [3.05, 3.63) is 53.1 Å². The molecule has 26 heavy (non-hydrogen) atoms. The second-order valence-electron chi connectivity index (χ2n) is 5.02. The summed E-state index contributed by atoms with van der Waals surface area (Å²) >= 11 is 0. The van der Waals surface area contributed by atoms with Crippen LogP contribution in [0, 0.1) is 0 Å². The first-order valence-corrected chi connectivity index (χ1v) is 6.63. The van der Waals surface area contributed by atoms with E-state index in [4.69, 9.17) is 10.5 Å². The van der Waals surface area contributed by atoms with Crippen LogP contribution in [0.5, 0.6) is 11.5 Å². The molecule has 0 aromatic heterocycles. The number of benzene rings is 2. The molecule has 0 atom stereocenters. The fourth-order valence-corrected chi connectivity index (χ4v) is 2.06. The number of alkyl halides is 9. The van der Waals surface area contributed by atoms with Crippen molar-refractivity contribution in [1.29, 1.82) is 0 Å². The van der Waals surface area contributed by atoms with Gasteiger partial charge in [0.2, 0.25) is 0 Å². The van der Waals surface area contributed by atoms with E-state index < -0.39 is 52.4 Å². The molecule has 0 fully saturated rings. The molecule has 2 aromatic rings. The number of anilines is 1. The van der Waals surface area contributed by atoms with Gasteiger partial charge in [-0.1, -0.05) is 0 Å². The Kier molecular flexibility index (Phi) is 4.77. The number of ether oxygens (including phenoxy) is 1. The Morgan fingerprint density at radius 1 is 0.654 bits per heavy atom. The summed E-state index contributed by atoms with van der Waals surface area (Å²) in [5.74, 6) is -1.51. The van der Waals surface area contributed by atoms with Crippen molar-refractivity contribution >= 4 is 5.69 Å². The third kappa shape index (κ3) is 4.14. The third-order valence-corrected chi connectivity index (χ3v) is 3.21. The van der Waals surface area contributed by atoms with E-state index in [1.54, 1.807) is 0 Å². The van der Waals surface area contributed by atoms with Crippen LogP contribution in [0.1, 0.15) is 16.7 Å². The highest BCUT2D eigenvalue weighted by atomic mass is 19.4. The normalized spacial score (nSPS) is 13.0. The van der Waals surface area contributed by atoms with Crippen LogP contribution in [-0.2, 0) is 18.5 Å². The van der Waals surface area contributed by atoms with E-state index in [-0.39, 0.29) is 0 Å². The van der Waals surface area contributed by atoms with Crippen LogP contribution < -0.4 is 10.5 Å². The van der Waals surface area contributed by atoms with E-state index in [1.807, 2.05) is 0 Å². The largest absolute Gasteiger partial charge is 0.457 e. The van der Waals surface area contributed by atoms with E-state index in [9.17, 15) is 39.5 Å². The Hall–Kier alpha value is -2.59. The average molecular weight is 389 g/mol. The van der Waals surface area contributed by atoms with Crippen molar-refractivity contribution in [2.75, 3.05) is 5.73 Å². The zero-order chi connectivity index (χ0) is 19.9. The molecule has 2 aromatic carbocycles. The summed E-state index contributed by atoms with van der Waals surface area (Å²) in [4.78, 5) is 0.